The molecule has 56 heavy (non-hydrogen) atoms. The molecule has 4 aromatic rings. The van der Waals surface area contributed by atoms with Crippen molar-refractivity contribution in [3.8, 4) is 46.0 Å². The van der Waals surface area contributed by atoms with Crippen LogP contribution >= 0.6 is 0 Å². The van der Waals surface area contributed by atoms with Crippen LogP contribution in [0.15, 0.2) is 36.4 Å². The molecule has 10 nitrogen and oxygen atoms in total. The molecule has 0 aromatic heterocycles. The van der Waals surface area contributed by atoms with E-state index >= 15 is 0 Å². The number of hydrogen-bond acceptors (Lipinski definition) is 10. The molecule has 2 heterocycles. The summed E-state index contributed by atoms with van der Waals surface area (Å²) in [5.41, 5.74) is 8.39. The molecule has 8 N–H and O–H groups in total. The van der Waals surface area contributed by atoms with Crippen molar-refractivity contribution in [3.63, 3.8) is 0 Å². The second-order valence-corrected chi connectivity index (χ2v) is 18.4. The molecule has 12 rings (SSSR count). The van der Waals surface area contributed by atoms with Gasteiger partial charge in [-0.2, -0.15) is 0 Å². The van der Waals surface area contributed by atoms with Crippen LogP contribution in [0.1, 0.15) is 135 Å². The first kappa shape index (κ1) is 36.8. The molecule has 4 bridgehead atoms. The smallest absolute Gasteiger partial charge is 0.162 e. The third-order valence-electron chi connectivity index (χ3n) is 15.1. The molecule has 0 amide bonds. The van der Waals surface area contributed by atoms with E-state index in [0.717, 1.165) is 133 Å². The summed E-state index contributed by atoms with van der Waals surface area (Å²) in [4.78, 5) is 4.72. The van der Waals surface area contributed by atoms with Crippen molar-refractivity contribution in [2.24, 2.45) is 0 Å². The number of phenols is 8. The van der Waals surface area contributed by atoms with Gasteiger partial charge in [-0.15, -0.1) is 0 Å². The van der Waals surface area contributed by atoms with Crippen molar-refractivity contribution < 1.29 is 40.9 Å². The van der Waals surface area contributed by atoms with E-state index in [-0.39, 0.29) is 56.8 Å². The zero-order valence-corrected chi connectivity index (χ0v) is 32.8. The first-order valence-electron chi connectivity index (χ1n) is 20.3. The molecule has 2 saturated heterocycles. The molecule has 10 heteroatoms. The van der Waals surface area contributed by atoms with Crippen LogP contribution in [0.3, 0.4) is 0 Å². The van der Waals surface area contributed by atoms with Crippen LogP contribution in [-0.4, -0.2) is 76.8 Å². The van der Waals surface area contributed by atoms with Gasteiger partial charge in [0.1, 0.15) is 0 Å². The summed E-state index contributed by atoms with van der Waals surface area (Å²) in [6, 6.07) is 10.1. The van der Waals surface area contributed by atoms with Gasteiger partial charge < -0.3 is 40.9 Å². The van der Waals surface area contributed by atoms with Gasteiger partial charge in [-0.1, -0.05) is 27.7 Å². The number of benzene rings is 4. The second-order valence-electron chi connectivity index (χ2n) is 18.4. The SMILES string of the molecule is CC12CCC(C)(c3cc(O)c(O)c(CN4CCCC4)c31)c1c2cc(O)c(O)c1CN1CCCC1.CC12CCC(C)(c3cc(O)c(O)cc31)c1cc(O)c(O)cc12. The predicted octanol–water partition coefficient (Wildman–Crippen LogP) is 7.65. The molecule has 4 aromatic carbocycles. The van der Waals surface area contributed by atoms with Crippen molar-refractivity contribution in [1.29, 1.82) is 0 Å². The third-order valence-corrected chi connectivity index (χ3v) is 15.1. The Hall–Kier alpha value is -4.80. The van der Waals surface area contributed by atoms with E-state index in [9.17, 15) is 40.9 Å². The number of hydrogen-bond donors (Lipinski definition) is 8. The van der Waals surface area contributed by atoms with Crippen LogP contribution in [0.25, 0.3) is 0 Å². The van der Waals surface area contributed by atoms with Crippen LogP contribution in [0.4, 0.5) is 0 Å². The van der Waals surface area contributed by atoms with Crippen molar-refractivity contribution >= 4 is 0 Å². The summed E-state index contributed by atoms with van der Waals surface area (Å²) >= 11 is 0. The largest absolute Gasteiger partial charge is 0.504 e. The first-order chi connectivity index (χ1) is 26.5. The number of fused-ring (bicyclic) bond motifs is 2. The highest BCUT2D eigenvalue weighted by atomic mass is 16.3. The van der Waals surface area contributed by atoms with E-state index in [4.69, 9.17) is 0 Å². The molecule has 0 saturated carbocycles. The fourth-order valence-electron chi connectivity index (χ4n) is 11.8. The van der Waals surface area contributed by atoms with Crippen molar-refractivity contribution in [1.82, 2.24) is 9.80 Å². The van der Waals surface area contributed by atoms with Gasteiger partial charge in [0.05, 0.1) is 0 Å². The van der Waals surface area contributed by atoms with Crippen molar-refractivity contribution in [2.75, 3.05) is 26.2 Å². The molecule has 2 unspecified atom stereocenters. The molecule has 6 aliphatic carbocycles. The Bertz CT molecular complexity index is 2090. The van der Waals surface area contributed by atoms with E-state index < -0.39 is 10.8 Å². The van der Waals surface area contributed by atoms with Gasteiger partial charge in [-0.3, -0.25) is 9.80 Å². The monoisotopic (exact) mass is 762 g/mol. The quantitative estimate of drug-likeness (QED) is 0.0968. The Morgan fingerprint density at radius 1 is 0.393 bits per heavy atom. The van der Waals surface area contributed by atoms with Gasteiger partial charge >= 0.3 is 0 Å². The minimum Gasteiger partial charge on any atom is -0.504 e. The molecular weight excluding hydrogens is 709 g/mol. The Balaban J connectivity index is 0.000000161. The van der Waals surface area contributed by atoms with Crippen LogP contribution in [-0.2, 0) is 34.7 Å². The summed E-state index contributed by atoms with van der Waals surface area (Å²) in [5, 5.41) is 83.4. The molecule has 8 aliphatic rings. The van der Waals surface area contributed by atoms with Gasteiger partial charge in [0.15, 0.2) is 46.0 Å². The van der Waals surface area contributed by atoms with Crippen LogP contribution in [0.2, 0.25) is 0 Å². The average molecular weight is 763 g/mol. The highest BCUT2D eigenvalue weighted by molar-refractivity contribution is 5.73. The summed E-state index contributed by atoms with van der Waals surface area (Å²) in [5.74, 6) is -0.635. The average Bonchev–Trinajstić information content (AvgIpc) is 3.88. The standard InChI is InChI=1S/C28H36N2O4.C18H18O4/c1-27-7-8-28(2,20-14-22(32)25(33)17(23(20)27)15-29-9-3-4-10-29)24-18(16-30-11-5-6-12-30)26(34)21(31)13-19(24)27;1-17-3-4-18(2,11-7-15(21)13(19)5-9(11)17)12-8-16(22)14(20)6-10(12)17/h13-14,31-34H,3-12,15-16H2,1-2H3;5-8,19-22H,3-4H2,1-2H3. The van der Waals surface area contributed by atoms with E-state index in [1.807, 2.05) is 0 Å². The summed E-state index contributed by atoms with van der Waals surface area (Å²) in [6.45, 7) is 13.8. The van der Waals surface area contributed by atoms with Crippen LogP contribution < -0.4 is 0 Å². The van der Waals surface area contributed by atoms with Crippen molar-refractivity contribution in [3.05, 3.63) is 92.0 Å². The van der Waals surface area contributed by atoms with E-state index in [0.29, 0.717) is 13.1 Å². The molecular formula is C46H54N2O8. The minimum atomic E-state index is -0.409. The molecule has 0 spiro atoms. The fourth-order valence-corrected chi connectivity index (χ4v) is 11.8. The molecule has 2 fully saturated rings. The predicted molar refractivity (Wildman–Crippen MR) is 212 cm³/mol. The fraction of sp³-hybridized carbons (Fsp3) is 0.478. The molecule has 296 valence electrons. The van der Waals surface area contributed by atoms with Crippen molar-refractivity contribution in [2.45, 2.75) is 114 Å². The minimum absolute atomic E-state index is 0.00938. The van der Waals surface area contributed by atoms with Gasteiger partial charge in [0, 0.05) is 45.9 Å². The number of phenolic OH excluding ortho intramolecular Hbond substituents is 8. The lowest BCUT2D eigenvalue weighted by Gasteiger charge is -2.55. The van der Waals surface area contributed by atoms with E-state index in [1.165, 1.54) is 0 Å². The maximum absolute atomic E-state index is 11.1. The number of rotatable bonds is 4. The Morgan fingerprint density at radius 3 is 0.964 bits per heavy atom. The summed E-state index contributed by atoms with van der Waals surface area (Å²) in [6.07, 6.45) is 8.20. The summed E-state index contributed by atoms with van der Waals surface area (Å²) < 4.78 is 0. The number of nitrogens with zero attached hydrogens (tertiary/aromatic N) is 2. The number of aromatic hydroxyl groups is 8. The van der Waals surface area contributed by atoms with Gasteiger partial charge in [-0.25, -0.2) is 0 Å². The molecule has 2 aliphatic heterocycles. The maximum atomic E-state index is 11.1. The lowest BCUT2D eigenvalue weighted by Crippen LogP contribution is -2.48. The molecule has 2 atom stereocenters. The van der Waals surface area contributed by atoms with Gasteiger partial charge in [-0.05, 0) is 158 Å². The summed E-state index contributed by atoms with van der Waals surface area (Å²) in [7, 11) is 0. The topological polar surface area (TPSA) is 168 Å². The maximum Gasteiger partial charge on any atom is 0.162 e. The highest BCUT2D eigenvalue weighted by Crippen LogP contribution is 2.65. The second kappa shape index (κ2) is 12.3. The number of likely N-dealkylation sites (tertiary alicyclic amines) is 2. The van der Waals surface area contributed by atoms with E-state index in [1.54, 1.807) is 36.4 Å². The zero-order chi connectivity index (χ0) is 39.7. The van der Waals surface area contributed by atoms with Gasteiger partial charge in [0.25, 0.3) is 0 Å². The zero-order valence-electron chi connectivity index (χ0n) is 32.8. The Morgan fingerprint density at radius 2 is 0.661 bits per heavy atom. The van der Waals surface area contributed by atoms with E-state index in [2.05, 4.69) is 37.5 Å². The lowest BCUT2D eigenvalue weighted by atomic mass is 9.48. The molecule has 0 radical (unpaired) electrons. The van der Waals surface area contributed by atoms with Crippen LogP contribution in [0.5, 0.6) is 46.0 Å². The normalized spacial score (nSPS) is 28.4. The van der Waals surface area contributed by atoms with Crippen LogP contribution in [0, 0.1) is 0 Å². The Kier molecular flexibility index (Phi) is 8.12. The third kappa shape index (κ3) is 5.00. The first-order valence-corrected chi connectivity index (χ1v) is 20.3. The lowest BCUT2D eigenvalue weighted by molar-refractivity contribution is 0.279. The van der Waals surface area contributed by atoms with Gasteiger partial charge in [0.2, 0.25) is 0 Å². The Labute approximate surface area is 327 Å². The highest BCUT2D eigenvalue weighted by Gasteiger charge is 2.55.